The molecule has 8 heteroatoms. The summed E-state index contributed by atoms with van der Waals surface area (Å²) in [5.41, 5.74) is 0.680. The number of esters is 1. The second-order valence-corrected chi connectivity index (χ2v) is 7.64. The Labute approximate surface area is 159 Å². The molecule has 1 heterocycles. The largest absolute Gasteiger partial charge is 0.465 e. The van der Waals surface area contributed by atoms with Crippen molar-refractivity contribution >= 4 is 35.0 Å². The van der Waals surface area contributed by atoms with Gasteiger partial charge in [-0.25, -0.2) is 9.59 Å². The number of piperazine rings is 1. The zero-order chi connectivity index (χ0) is 19.5. The van der Waals surface area contributed by atoms with E-state index in [9.17, 15) is 9.59 Å². The predicted molar refractivity (Wildman–Crippen MR) is 102 cm³/mol. The van der Waals surface area contributed by atoms with E-state index in [1.165, 1.54) is 13.2 Å². The molecule has 1 saturated heterocycles. The fourth-order valence-corrected chi connectivity index (χ4v) is 2.90. The Morgan fingerprint density at radius 1 is 1.15 bits per heavy atom. The van der Waals surface area contributed by atoms with E-state index < -0.39 is 17.7 Å². The highest BCUT2D eigenvalue weighted by atomic mass is 35.5. The summed E-state index contributed by atoms with van der Waals surface area (Å²) < 4.78 is 10.1. The van der Waals surface area contributed by atoms with Crippen molar-refractivity contribution in [3.05, 3.63) is 22.7 Å². The minimum atomic E-state index is -0.642. The van der Waals surface area contributed by atoms with Crippen molar-refractivity contribution in [3.8, 4) is 0 Å². The molecule has 1 fully saturated rings. The first-order chi connectivity index (χ1) is 12.1. The SMILES string of the molecule is COC(=O)c1cc(NC(=O)OC(C)(C)C)c(Cl)c(N2CCN(C)CC2)c1. The summed E-state index contributed by atoms with van der Waals surface area (Å²) in [4.78, 5) is 28.5. The van der Waals surface area contributed by atoms with Crippen molar-refractivity contribution in [1.82, 2.24) is 4.90 Å². The monoisotopic (exact) mass is 383 g/mol. The number of anilines is 2. The molecule has 1 aliphatic heterocycles. The summed E-state index contributed by atoms with van der Waals surface area (Å²) in [7, 11) is 3.37. The van der Waals surface area contributed by atoms with Gasteiger partial charge in [0.25, 0.3) is 0 Å². The van der Waals surface area contributed by atoms with E-state index in [2.05, 4.69) is 22.2 Å². The molecule has 0 aliphatic carbocycles. The van der Waals surface area contributed by atoms with Crippen LogP contribution in [-0.2, 0) is 9.47 Å². The number of ether oxygens (including phenoxy) is 2. The third-order valence-corrected chi connectivity index (χ3v) is 4.35. The van der Waals surface area contributed by atoms with Crippen molar-refractivity contribution in [2.45, 2.75) is 26.4 Å². The first-order valence-corrected chi connectivity index (χ1v) is 8.84. The van der Waals surface area contributed by atoms with Gasteiger partial charge in [0.1, 0.15) is 5.60 Å². The van der Waals surface area contributed by atoms with Crippen molar-refractivity contribution < 1.29 is 19.1 Å². The van der Waals surface area contributed by atoms with Crippen LogP contribution in [0.15, 0.2) is 12.1 Å². The highest BCUT2D eigenvalue weighted by Crippen LogP contribution is 2.35. The summed E-state index contributed by atoms with van der Waals surface area (Å²) in [6.07, 6.45) is -0.634. The number of rotatable bonds is 3. The fourth-order valence-electron chi connectivity index (χ4n) is 2.63. The molecule has 2 rings (SSSR count). The maximum absolute atomic E-state index is 12.1. The van der Waals surface area contributed by atoms with Crippen LogP contribution >= 0.6 is 11.6 Å². The van der Waals surface area contributed by atoms with E-state index in [1.54, 1.807) is 26.8 Å². The van der Waals surface area contributed by atoms with E-state index in [4.69, 9.17) is 21.1 Å². The summed E-state index contributed by atoms with van der Waals surface area (Å²) in [5.74, 6) is -0.496. The van der Waals surface area contributed by atoms with E-state index >= 15 is 0 Å². The third kappa shape index (κ3) is 5.25. The first kappa shape index (κ1) is 20.3. The van der Waals surface area contributed by atoms with Crippen molar-refractivity contribution in [1.29, 1.82) is 0 Å². The lowest BCUT2D eigenvalue weighted by Gasteiger charge is -2.35. The Balaban J connectivity index is 2.35. The second kappa shape index (κ2) is 8.14. The molecule has 0 unspecified atom stereocenters. The van der Waals surface area contributed by atoms with Crippen LogP contribution in [-0.4, -0.2) is 62.9 Å². The molecule has 1 N–H and O–H groups in total. The van der Waals surface area contributed by atoms with Gasteiger partial charge in [0.15, 0.2) is 0 Å². The summed E-state index contributed by atoms with van der Waals surface area (Å²) in [6, 6.07) is 3.19. The molecule has 1 aromatic carbocycles. The van der Waals surface area contributed by atoms with Crippen LogP contribution in [0.2, 0.25) is 5.02 Å². The van der Waals surface area contributed by atoms with Crippen LogP contribution < -0.4 is 10.2 Å². The Morgan fingerprint density at radius 2 is 1.77 bits per heavy atom. The van der Waals surface area contributed by atoms with Gasteiger partial charge in [-0.15, -0.1) is 0 Å². The van der Waals surface area contributed by atoms with Crippen LogP contribution in [0.5, 0.6) is 0 Å². The van der Waals surface area contributed by atoms with Gasteiger partial charge in [0.05, 0.1) is 29.1 Å². The minimum absolute atomic E-state index is 0.317. The molecule has 0 atom stereocenters. The molecule has 1 aromatic rings. The van der Waals surface area contributed by atoms with Gasteiger partial charge in [-0.2, -0.15) is 0 Å². The van der Waals surface area contributed by atoms with Crippen molar-refractivity contribution in [2.75, 3.05) is 50.6 Å². The predicted octanol–water partition coefficient (Wildman–Crippen LogP) is 3.23. The van der Waals surface area contributed by atoms with Gasteiger partial charge in [0, 0.05) is 26.2 Å². The molecule has 0 bridgehead atoms. The average molecular weight is 384 g/mol. The Bertz CT molecular complexity index is 680. The number of carbonyl (C=O) groups is 2. The van der Waals surface area contributed by atoms with Crippen molar-refractivity contribution in [2.24, 2.45) is 0 Å². The molecule has 0 aromatic heterocycles. The van der Waals surface area contributed by atoms with Crippen LogP contribution in [0.4, 0.5) is 16.2 Å². The van der Waals surface area contributed by atoms with Gasteiger partial charge in [-0.3, -0.25) is 5.32 Å². The number of methoxy groups -OCH3 is 1. The van der Waals surface area contributed by atoms with Crippen LogP contribution in [0.1, 0.15) is 31.1 Å². The highest BCUT2D eigenvalue weighted by molar-refractivity contribution is 6.36. The van der Waals surface area contributed by atoms with E-state index in [0.29, 0.717) is 22.0 Å². The maximum atomic E-state index is 12.1. The molecule has 1 aliphatic rings. The van der Waals surface area contributed by atoms with Gasteiger partial charge in [0.2, 0.25) is 0 Å². The quantitative estimate of drug-likeness (QED) is 0.808. The fraction of sp³-hybridized carbons (Fsp3) is 0.556. The number of hydrogen-bond acceptors (Lipinski definition) is 6. The molecular weight excluding hydrogens is 358 g/mol. The lowest BCUT2D eigenvalue weighted by atomic mass is 10.1. The summed E-state index contributed by atoms with van der Waals surface area (Å²) in [5, 5.41) is 3.00. The van der Waals surface area contributed by atoms with E-state index in [1.807, 2.05) is 0 Å². The average Bonchev–Trinajstić information content (AvgIpc) is 2.55. The third-order valence-electron chi connectivity index (χ3n) is 3.95. The second-order valence-electron chi connectivity index (χ2n) is 7.27. The maximum Gasteiger partial charge on any atom is 0.412 e. The molecule has 0 saturated carbocycles. The molecule has 1 amide bonds. The number of nitrogens with zero attached hydrogens (tertiary/aromatic N) is 2. The van der Waals surface area contributed by atoms with Crippen molar-refractivity contribution in [3.63, 3.8) is 0 Å². The van der Waals surface area contributed by atoms with E-state index in [0.717, 1.165) is 26.2 Å². The zero-order valence-electron chi connectivity index (χ0n) is 15.9. The summed E-state index contributed by atoms with van der Waals surface area (Å²) >= 11 is 6.54. The van der Waals surface area contributed by atoms with Gasteiger partial charge in [-0.05, 0) is 40.0 Å². The molecule has 7 nitrogen and oxygen atoms in total. The number of hydrogen-bond donors (Lipinski definition) is 1. The molecule has 144 valence electrons. The standard InChI is InChI=1S/C18H26ClN3O4/c1-18(2,3)26-17(24)20-13-10-12(16(23)25-5)11-14(15(13)19)22-8-6-21(4)7-9-22/h10-11H,6-9H2,1-5H3,(H,20,24). The first-order valence-electron chi connectivity index (χ1n) is 8.46. The number of nitrogens with one attached hydrogen (secondary N) is 1. The molecule has 0 spiro atoms. The smallest absolute Gasteiger partial charge is 0.412 e. The Kier molecular flexibility index (Phi) is 6.36. The number of benzene rings is 1. The normalized spacial score (nSPS) is 15.5. The van der Waals surface area contributed by atoms with Gasteiger partial charge in [-0.1, -0.05) is 11.6 Å². The van der Waals surface area contributed by atoms with Crippen LogP contribution in [0.3, 0.4) is 0 Å². The Morgan fingerprint density at radius 3 is 2.31 bits per heavy atom. The van der Waals surface area contributed by atoms with Gasteiger partial charge < -0.3 is 19.3 Å². The summed E-state index contributed by atoms with van der Waals surface area (Å²) in [6.45, 7) is 8.62. The zero-order valence-corrected chi connectivity index (χ0v) is 16.6. The number of likely N-dealkylation sites (N-methyl/N-ethyl adjacent to an activating group) is 1. The van der Waals surface area contributed by atoms with Crippen LogP contribution in [0, 0.1) is 0 Å². The van der Waals surface area contributed by atoms with Gasteiger partial charge >= 0.3 is 12.1 Å². The number of amides is 1. The topological polar surface area (TPSA) is 71.1 Å². The molecule has 26 heavy (non-hydrogen) atoms. The van der Waals surface area contributed by atoms with E-state index in [-0.39, 0.29) is 0 Å². The minimum Gasteiger partial charge on any atom is -0.465 e. The Hall–Kier alpha value is -1.99. The number of halogens is 1. The molecular formula is C18H26ClN3O4. The van der Waals surface area contributed by atoms with Crippen LogP contribution in [0.25, 0.3) is 0 Å². The number of carbonyl (C=O) groups excluding carboxylic acids is 2. The lowest BCUT2D eigenvalue weighted by Crippen LogP contribution is -2.44. The lowest BCUT2D eigenvalue weighted by molar-refractivity contribution is 0.0596. The molecule has 0 radical (unpaired) electrons. The highest BCUT2D eigenvalue weighted by Gasteiger charge is 2.23.